The summed E-state index contributed by atoms with van der Waals surface area (Å²) in [5, 5.41) is 12.7. The second kappa shape index (κ2) is 6.76. The first-order valence-electron chi connectivity index (χ1n) is 6.57. The summed E-state index contributed by atoms with van der Waals surface area (Å²) >= 11 is 0. The molecular formula is C15H25NO2. The Balaban J connectivity index is 2.55. The topological polar surface area (TPSA) is 41.5 Å². The second-order valence-electron chi connectivity index (χ2n) is 5.07. The van der Waals surface area contributed by atoms with Gasteiger partial charge in [-0.1, -0.05) is 25.1 Å². The van der Waals surface area contributed by atoms with Gasteiger partial charge in [0.2, 0.25) is 0 Å². The van der Waals surface area contributed by atoms with Crippen LogP contribution in [0.4, 0.5) is 0 Å². The van der Waals surface area contributed by atoms with Crippen molar-refractivity contribution in [2.75, 3.05) is 19.8 Å². The lowest BCUT2D eigenvalue weighted by Gasteiger charge is -2.28. The smallest absolute Gasteiger partial charge is 0.125 e. The number of nitrogens with one attached hydrogen (secondary N) is 1. The van der Waals surface area contributed by atoms with Crippen LogP contribution in [0, 0.1) is 13.8 Å². The van der Waals surface area contributed by atoms with E-state index >= 15 is 0 Å². The Hall–Kier alpha value is -1.06. The summed E-state index contributed by atoms with van der Waals surface area (Å²) in [6.07, 6.45) is 0.783. The summed E-state index contributed by atoms with van der Waals surface area (Å²) < 4.78 is 5.86. The van der Waals surface area contributed by atoms with Crippen LogP contribution < -0.4 is 10.1 Å². The molecule has 0 saturated carbocycles. The third kappa shape index (κ3) is 4.00. The minimum atomic E-state index is -0.259. The Morgan fingerprint density at radius 1 is 1.28 bits per heavy atom. The molecular weight excluding hydrogens is 226 g/mol. The van der Waals surface area contributed by atoms with E-state index in [1.165, 1.54) is 0 Å². The van der Waals surface area contributed by atoms with E-state index < -0.39 is 0 Å². The van der Waals surface area contributed by atoms with Crippen LogP contribution in [0.2, 0.25) is 0 Å². The molecule has 1 atom stereocenters. The minimum Gasteiger partial charge on any atom is -0.493 e. The standard InChI is InChI=1S/C15H25NO2/c1-5-16-15(4,11-17)9-10-18-14-12(2)7-6-8-13(14)3/h6-8,16-17H,5,9-11H2,1-4H3. The first-order valence-corrected chi connectivity index (χ1v) is 6.57. The normalized spacial score (nSPS) is 14.3. The average molecular weight is 251 g/mol. The zero-order chi connectivity index (χ0) is 13.6. The van der Waals surface area contributed by atoms with E-state index in [1.54, 1.807) is 0 Å². The van der Waals surface area contributed by atoms with E-state index in [-0.39, 0.29) is 12.1 Å². The van der Waals surface area contributed by atoms with E-state index in [0.29, 0.717) is 6.61 Å². The van der Waals surface area contributed by atoms with Crippen LogP contribution in [0.1, 0.15) is 31.4 Å². The molecule has 0 aliphatic carbocycles. The van der Waals surface area contributed by atoms with Gasteiger partial charge in [-0.2, -0.15) is 0 Å². The predicted molar refractivity (Wildman–Crippen MR) is 75.2 cm³/mol. The number of hydrogen-bond acceptors (Lipinski definition) is 3. The number of rotatable bonds is 7. The predicted octanol–water partition coefficient (Wildman–Crippen LogP) is 2.43. The fourth-order valence-electron chi connectivity index (χ4n) is 2.06. The minimum absolute atomic E-state index is 0.122. The molecule has 0 aliphatic rings. The molecule has 3 heteroatoms. The van der Waals surface area contributed by atoms with Crippen LogP contribution in [0.3, 0.4) is 0 Å². The third-order valence-corrected chi connectivity index (χ3v) is 3.26. The Labute approximate surface area is 110 Å². The Bertz CT molecular complexity index is 359. The Kier molecular flexibility index (Phi) is 5.63. The maximum absolute atomic E-state index is 9.40. The largest absolute Gasteiger partial charge is 0.493 e. The summed E-state index contributed by atoms with van der Waals surface area (Å²) in [6.45, 7) is 9.74. The van der Waals surface area contributed by atoms with Crippen molar-refractivity contribution in [1.29, 1.82) is 0 Å². The van der Waals surface area contributed by atoms with Crippen LogP contribution in [0.5, 0.6) is 5.75 Å². The van der Waals surface area contributed by atoms with Crippen LogP contribution >= 0.6 is 0 Å². The number of para-hydroxylation sites is 1. The SMILES string of the molecule is CCNC(C)(CO)CCOc1c(C)cccc1C. The summed E-state index contributed by atoms with van der Waals surface area (Å²) in [7, 11) is 0. The Morgan fingerprint density at radius 2 is 1.89 bits per heavy atom. The molecule has 1 unspecified atom stereocenters. The van der Waals surface area contributed by atoms with Gasteiger partial charge in [0.25, 0.3) is 0 Å². The summed E-state index contributed by atoms with van der Waals surface area (Å²) in [5.41, 5.74) is 2.05. The van der Waals surface area contributed by atoms with Crippen molar-refractivity contribution >= 4 is 0 Å². The summed E-state index contributed by atoms with van der Waals surface area (Å²) in [4.78, 5) is 0. The van der Waals surface area contributed by atoms with Crippen molar-refractivity contribution < 1.29 is 9.84 Å². The van der Waals surface area contributed by atoms with Crippen LogP contribution in [0.25, 0.3) is 0 Å². The van der Waals surface area contributed by atoms with Gasteiger partial charge in [0, 0.05) is 12.0 Å². The molecule has 1 aromatic carbocycles. The lowest BCUT2D eigenvalue weighted by Crippen LogP contribution is -2.46. The maximum atomic E-state index is 9.40. The highest BCUT2D eigenvalue weighted by Crippen LogP contribution is 2.23. The molecule has 0 aliphatic heterocycles. The van der Waals surface area contributed by atoms with Crippen molar-refractivity contribution in [3.63, 3.8) is 0 Å². The van der Waals surface area contributed by atoms with Gasteiger partial charge in [0.05, 0.1) is 13.2 Å². The second-order valence-corrected chi connectivity index (χ2v) is 5.07. The lowest BCUT2D eigenvalue weighted by molar-refractivity contribution is 0.145. The van der Waals surface area contributed by atoms with Gasteiger partial charge < -0.3 is 15.2 Å². The number of aliphatic hydroxyl groups is 1. The molecule has 18 heavy (non-hydrogen) atoms. The molecule has 0 bridgehead atoms. The van der Waals surface area contributed by atoms with Crippen molar-refractivity contribution in [2.45, 2.75) is 39.7 Å². The van der Waals surface area contributed by atoms with Gasteiger partial charge in [-0.25, -0.2) is 0 Å². The number of likely N-dealkylation sites (N-methyl/N-ethyl adjacent to an activating group) is 1. The number of benzene rings is 1. The Morgan fingerprint density at radius 3 is 2.39 bits per heavy atom. The summed E-state index contributed by atoms with van der Waals surface area (Å²) in [6, 6.07) is 6.14. The zero-order valence-corrected chi connectivity index (χ0v) is 11.9. The van der Waals surface area contributed by atoms with Gasteiger partial charge in [0.1, 0.15) is 5.75 Å². The quantitative estimate of drug-likeness (QED) is 0.782. The van der Waals surface area contributed by atoms with E-state index in [2.05, 4.69) is 31.3 Å². The molecule has 2 N–H and O–H groups in total. The van der Waals surface area contributed by atoms with Crippen LogP contribution in [-0.4, -0.2) is 30.4 Å². The van der Waals surface area contributed by atoms with Crippen molar-refractivity contribution in [2.24, 2.45) is 0 Å². The van der Waals surface area contributed by atoms with E-state index in [1.807, 2.05) is 19.9 Å². The van der Waals surface area contributed by atoms with Crippen LogP contribution in [-0.2, 0) is 0 Å². The fourth-order valence-corrected chi connectivity index (χ4v) is 2.06. The molecule has 0 amide bonds. The molecule has 1 aromatic rings. The molecule has 102 valence electrons. The number of aryl methyl sites for hydroxylation is 2. The number of aliphatic hydroxyl groups excluding tert-OH is 1. The molecule has 0 fully saturated rings. The van der Waals surface area contributed by atoms with E-state index in [4.69, 9.17) is 4.74 Å². The van der Waals surface area contributed by atoms with Crippen molar-refractivity contribution in [3.8, 4) is 5.75 Å². The lowest BCUT2D eigenvalue weighted by atomic mass is 9.99. The zero-order valence-electron chi connectivity index (χ0n) is 11.9. The van der Waals surface area contributed by atoms with E-state index in [9.17, 15) is 5.11 Å². The van der Waals surface area contributed by atoms with E-state index in [0.717, 1.165) is 29.8 Å². The van der Waals surface area contributed by atoms with Gasteiger partial charge >= 0.3 is 0 Å². The molecule has 3 nitrogen and oxygen atoms in total. The van der Waals surface area contributed by atoms with Gasteiger partial charge in [-0.15, -0.1) is 0 Å². The number of hydrogen-bond donors (Lipinski definition) is 2. The molecule has 0 saturated heterocycles. The van der Waals surface area contributed by atoms with Gasteiger partial charge in [-0.3, -0.25) is 0 Å². The average Bonchev–Trinajstić information content (AvgIpc) is 2.33. The fraction of sp³-hybridized carbons (Fsp3) is 0.600. The first-order chi connectivity index (χ1) is 8.52. The number of ether oxygens (including phenoxy) is 1. The van der Waals surface area contributed by atoms with Crippen molar-refractivity contribution in [1.82, 2.24) is 5.32 Å². The highest BCUT2D eigenvalue weighted by atomic mass is 16.5. The molecule has 0 heterocycles. The van der Waals surface area contributed by atoms with Gasteiger partial charge in [-0.05, 0) is 38.4 Å². The van der Waals surface area contributed by atoms with Crippen LogP contribution in [0.15, 0.2) is 18.2 Å². The van der Waals surface area contributed by atoms with Gasteiger partial charge in [0.15, 0.2) is 0 Å². The third-order valence-electron chi connectivity index (χ3n) is 3.26. The molecule has 1 rings (SSSR count). The molecule has 0 aromatic heterocycles. The highest BCUT2D eigenvalue weighted by molar-refractivity contribution is 5.39. The monoisotopic (exact) mass is 251 g/mol. The highest BCUT2D eigenvalue weighted by Gasteiger charge is 2.21. The molecule has 0 radical (unpaired) electrons. The summed E-state index contributed by atoms with van der Waals surface area (Å²) in [5.74, 6) is 0.967. The first kappa shape index (κ1) is 15.0. The van der Waals surface area contributed by atoms with Crippen molar-refractivity contribution in [3.05, 3.63) is 29.3 Å². The maximum Gasteiger partial charge on any atom is 0.125 e. The molecule has 0 spiro atoms.